The Morgan fingerprint density at radius 3 is 2.71 bits per heavy atom. The molecule has 24 heavy (non-hydrogen) atoms. The van der Waals surface area contributed by atoms with Crippen LogP contribution < -0.4 is 10.6 Å². The Morgan fingerprint density at radius 2 is 2.08 bits per heavy atom. The molecule has 1 aliphatic rings. The minimum Gasteiger partial charge on any atom is -0.383 e. The number of piperidine rings is 1. The van der Waals surface area contributed by atoms with Gasteiger partial charge in [-0.25, -0.2) is 4.99 Å². The zero-order valence-corrected chi connectivity index (χ0v) is 18.0. The van der Waals surface area contributed by atoms with Gasteiger partial charge in [-0.15, -0.1) is 24.0 Å². The number of nitrogens with one attached hydrogen (secondary N) is 2. The van der Waals surface area contributed by atoms with Gasteiger partial charge in [0.2, 0.25) is 5.91 Å². The first-order valence-electron chi connectivity index (χ1n) is 8.83. The fraction of sp³-hybridized carbons (Fsp3) is 0.882. The highest BCUT2D eigenvalue weighted by Crippen LogP contribution is 2.33. The van der Waals surface area contributed by atoms with Gasteiger partial charge >= 0.3 is 0 Å². The van der Waals surface area contributed by atoms with Crippen molar-refractivity contribution in [2.75, 3.05) is 46.4 Å². The summed E-state index contributed by atoms with van der Waals surface area (Å²) in [6.07, 6.45) is 4.90. The van der Waals surface area contributed by atoms with E-state index in [-0.39, 0.29) is 36.4 Å². The van der Waals surface area contributed by atoms with Gasteiger partial charge in [0.1, 0.15) is 6.54 Å². The van der Waals surface area contributed by atoms with Crippen LogP contribution in [-0.4, -0.2) is 63.2 Å². The van der Waals surface area contributed by atoms with Crippen molar-refractivity contribution >= 4 is 35.8 Å². The average Bonchev–Trinajstić information content (AvgIpc) is 2.51. The molecule has 1 atom stereocenters. The summed E-state index contributed by atoms with van der Waals surface area (Å²) in [4.78, 5) is 18.6. The van der Waals surface area contributed by atoms with Crippen LogP contribution >= 0.6 is 24.0 Å². The van der Waals surface area contributed by atoms with E-state index in [4.69, 9.17) is 4.74 Å². The quantitative estimate of drug-likeness (QED) is 0.256. The third kappa shape index (κ3) is 8.50. The van der Waals surface area contributed by atoms with Crippen LogP contribution in [0, 0.1) is 5.41 Å². The number of ether oxygens (including phenoxy) is 1. The first-order chi connectivity index (χ1) is 11.0. The molecule has 1 unspecified atom stereocenters. The number of nitrogens with zero attached hydrogens (tertiary/aromatic N) is 2. The Kier molecular flexibility index (Phi) is 12.4. The summed E-state index contributed by atoms with van der Waals surface area (Å²) >= 11 is 0. The smallest absolute Gasteiger partial charge is 0.241 e. The zero-order chi connectivity index (χ0) is 17.1. The van der Waals surface area contributed by atoms with Crippen LogP contribution in [0.1, 0.15) is 46.5 Å². The summed E-state index contributed by atoms with van der Waals surface area (Å²) in [5, 5.41) is 6.13. The van der Waals surface area contributed by atoms with Gasteiger partial charge in [-0.3, -0.25) is 4.79 Å². The Hall–Kier alpha value is -0.570. The lowest BCUT2D eigenvalue weighted by Crippen LogP contribution is -2.50. The number of hydrogen-bond donors (Lipinski definition) is 2. The van der Waals surface area contributed by atoms with Crippen molar-refractivity contribution in [2.24, 2.45) is 10.4 Å². The third-order valence-corrected chi connectivity index (χ3v) is 4.27. The Balaban J connectivity index is 0.00000529. The van der Waals surface area contributed by atoms with Crippen LogP contribution in [0.25, 0.3) is 0 Å². The molecule has 6 nitrogen and oxygen atoms in total. The zero-order valence-electron chi connectivity index (χ0n) is 15.7. The van der Waals surface area contributed by atoms with Gasteiger partial charge < -0.3 is 20.3 Å². The highest BCUT2D eigenvalue weighted by atomic mass is 127. The van der Waals surface area contributed by atoms with Crippen LogP contribution in [0.5, 0.6) is 0 Å². The van der Waals surface area contributed by atoms with Crippen molar-refractivity contribution in [3.63, 3.8) is 0 Å². The van der Waals surface area contributed by atoms with Crippen LogP contribution in [0.15, 0.2) is 4.99 Å². The normalized spacial score (nSPS) is 21.2. The SMILES string of the molecule is CCCC1(C)CCCN(C(=NCC(=O)NCCOC)NCC)C1.I. The second kappa shape index (κ2) is 12.7. The molecule has 1 fully saturated rings. The van der Waals surface area contributed by atoms with Gasteiger partial charge in [0, 0.05) is 33.3 Å². The Labute approximate surface area is 164 Å². The number of carbonyl (C=O) groups is 1. The molecule has 0 aromatic heterocycles. The maximum Gasteiger partial charge on any atom is 0.241 e. The maximum atomic E-state index is 11.8. The molecular weight excluding hydrogens is 419 g/mol. The lowest BCUT2D eigenvalue weighted by atomic mass is 9.78. The molecule has 0 bridgehead atoms. The fourth-order valence-electron chi connectivity index (χ4n) is 3.22. The summed E-state index contributed by atoms with van der Waals surface area (Å²) in [6, 6.07) is 0. The minimum atomic E-state index is -0.0641. The molecule has 1 aliphatic heterocycles. The van der Waals surface area contributed by atoms with E-state index in [1.165, 1.54) is 25.7 Å². The van der Waals surface area contributed by atoms with Crippen LogP contribution in [0.3, 0.4) is 0 Å². The average molecular weight is 454 g/mol. The van der Waals surface area contributed by atoms with E-state index in [1.54, 1.807) is 7.11 Å². The van der Waals surface area contributed by atoms with Crippen molar-refractivity contribution < 1.29 is 9.53 Å². The number of halogens is 1. The van der Waals surface area contributed by atoms with Crippen molar-refractivity contribution in [1.29, 1.82) is 0 Å². The third-order valence-electron chi connectivity index (χ3n) is 4.27. The molecule has 7 heteroatoms. The molecule has 1 rings (SSSR count). The summed E-state index contributed by atoms with van der Waals surface area (Å²) in [5.74, 6) is 0.794. The van der Waals surface area contributed by atoms with Crippen molar-refractivity contribution in [1.82, 2.24) is 15.5 Å². The van der Waals surface area contributed by atoms with E-state index in [2.05, 4.69) is 41.3 Å². The molecule has 1 amide bonds. The van der Waals surface area contributed by atoms with Crippen molar-refractivity contribution in [3.05, 3.63) is 0 Å². The number of likely N-dealkylation sites (tertiary alicyclic amines) is 1. The lowest BCUT2D eigenvalue weighted by molar-refractivity contribution is -0.119. The van der Waals surface area contributed by atoms with Crippen molar-refractivity contribution in [3.8, 4) is 0 Å². The first kappa shape index (κ1) is 23.4. The molecule has 2 N–H and O–H groups in total. The molecule has 0 radical (unpaired) electrons. The number of methoxy groups -OCH3 is 1. The number of carbonyl (C=O) groups excluding carboxylic acids is 1. The Morgan fingerprint density at radius 1 is 1.33 bits per heavy atom. The van der Waals surface area contributed by atoms with Gasteiger partial charge in [0.25, 0.3) is 0 Å². The van der Waals surface area contributed by atoms with Gasteiger partial charge in [0.05, 0.1) is 6.61 Å². The molecule has 0 aromatic rings. The molecule has 0 aliphatic carbocycles. The lowest BCUT2D eigenvalue weighted by Gasteiger charge is -2.42. The Bertz CT molecular complexity index is 389. The largest absolute Gasteiger partial charge is 0.383 e. The predicted octanol–water partition coefficient (Wildman–Crippen LogP) is 2.23. The predicted molar refractivity (Wildman–Crippen MR) is 110 cm³/mol. The van der Waals surface area contributed by atoms with Gasteiger partial charge in [0.15, 0.2) is 5.96 Å². The maximum absolute atomic E-state index is 11.8. The van der Waals surface area contributed by atoms with E-state index in [0.29, 0.717) is 18.6 Å². The molecule has 142 valence electrons. The first-order valence-corrected chi connectivity index (χ1v) is 8.83. The number of aliphatic imine (C=N–C) groups is 1. The van der Waals surface area contributed by atoms with Gasteiger partial charge in [-0.1, -0.05) is 20.3 Å². The number of amides is 1. The number of guanidine groups is 1. The summed E-state index contributed by atoms with van der Waals surface area (Å²) < 4.78 is 4.93. The molecule has 0 spiro atoms. The summed E-state index contributed by atoms with van der Waals surface area (Å²) in [7, 11) is 1.62. The second-order valence-corrected chi connectivity index (χ2v) is 6.60. The highest BCUT2D eigenvalue weighted by molar-refractivity contribution is 14.0. The highest BCUT2D eigenvalue weighted by Gasteiger charge is 2.31. The fourth-order valence-corrected chi connectivity index (χ4v) is 3.22. The van der Waals surface area contributed by atoms with Gasteiger partial charge in [-0.2, -0.15) is 0 Å². The van der Waals surface area contributed by atoms with E-state index < -0.39 is 0 Å². The summed E-state index contributed by atoms with van der Waals surface area (Å²) in [6.45, 7) is 10.7. The standard InChI is InChI=1S/C17H34N4O2.HI/c1-5-8-17(3)9-7-11-21(14-17)16(18-6-2)20-13-15(22)19-10-12-23-4;/h5-14H2,1-4H3,(H,18,20)(H,19,22);1H. The van der Waals surface area contributed by atoms with Crippen LogP contribution in [0.2, 0.25) is 0 Å². The van der Waals surface area contributed by atoms with Gasteiger partial charge in [-0.05, 0) is 31.6 Å². The molecule has 0 aromatic carbocycles. The molecule has 0 saturated carbocycles. The van der Waals surface area contributed by atoms with E-state index in [1.807, 2.05) is 0 Å². The summed E-state index contributed by atoms with van der Waals surface area (Å²) in [5.41, 5.74) is 0.351. The number of hydrogen-bond acceptors (Lipinski definition) is 3. The van der Waals surface area contributed by atoms with E-state index in [0.717, 1.165) is 25.6 Å². The molecular formula is C17H35IN4O2. The van der Waals surface area contributed by atoms with Crippen molar-refractivity contribution in [2.45, 2.75) is 46.5 Å². The van der Waals surface area contributed by atoms with E-state index >= 15 is 0 Å². The second-order valence-electron chi connectivity index (χ2n) is 6.60. The monoisotopic (exact) mass is 454 g/mol. The molecule has 1 heterocycles. The minimum absolute atomic E-state index is 0. The van der Waals surface area contributed by atoms with Crippen LogP contribution in [-0.2, 0) is 9.53 Å². The topological polar surface area (TPSA) is 66.0 Å². The van der Waals surface area contributed by atoms with Crippen LogP contribution in [0.4, 0.5) is 0 Å². The van der Waals surface area contributed by atoms with E-state index in [9.17, 15) is 4.79 Å². The molecule has 1 saturated heterocycles. The number of rotatable bonds is 8.